The minimum absolute atomic E-state index is 0.00174. The third kappa shape index (κ3) is 6.45. The van der Waals surface area contributed by atoms with E-state index in [2.05, 4.69) is 15.2 Å². The quantitative estimate of drug-likeness (QED) is 0.641. The predicted molar refractivity (Wildman–Crippen MR) is 127 cm³/mol. The van der Waals surface area contributed by atoms with Gasteiger partial charge in [0, 0.05) is 37.4 Å². The Kier molecular flexibility index (Phi) is 8.18. The SMILES string of the molecule is O=C(NCc1ccccn1)C(C1CCCC1)N1CCN(C(=O)COc2ccc(Cl)cc2)CC1. The van der Waals surface area contributed by atoms with Gasteiger partial charge in [0.1, 0.15) is 5.75 Å². The number of carbonyl (C=O) groups excluding carboxylic acids is 2. The van der Waals surface area contributed by atoms with Crippen LogP contribution in [0.2, 0.25) is 5.02 Å². The molecule has 1 atom stereocenters. The summed E-state index contributed by atoms with van der Waals surface area (Å²) < 4.78 is 5.61. The first-order chi connectivity index (χ1) is 16.1. The van der Waals surface area contributed by atoms with Gasteiger partial charge in [-0.3, -0.25) is 19.5 Å². The molecule has 1 aliphatic carbocycles. The van der Waals surface area contributed by atoms with Crippen LogP contribution < -0.4 is 10.1 Å². The molecule has 176 valence electrons. The van der Waals surface area contributed by atoms with E-state index in [1.54, 1.807) is 30.5 Å². The first kappa shape index (κ1) is 23.5. The second-order valence-electron chi connectivity index (χ2n) is 8.69. The lowest BCUT2D eigenvalue weighted by atomic mass is 9.95. The fraction of sp³-hybridized carbons (Fsp3) is 0.480. The zero-order chi connectivity index (χ0) is 23.0. The van der Waals surface area contributed by atoms with Gasteiger partial charge in [-0.1, -0.05) is 30.5 Å². The maximum Gasteiger partial charge on any atom is 0.260 e. The third-order valence-electron chi connectivity index (χ3n) is 6.52. The van der Waals surface area contributed by atoms with Crippen LogP contribution in [0.15, 0.2) is 48.7 Å². The molecule has 33 heavy (non-hydrogen) atoms. The Balaban J connectivity index is 1.30. The number of amides is 2. The highest BCUT2D eigenvalue weighted by atomic mass is 35.5. The Labute approximate surface area is 200 Å². The number of halogens is 1. The summed E-state index contributed by atoms with van der Waals surface area (Å²) in [4.78, 5) is 34.2. The van der Waals surface area contributed by atoms with E-state index in [9.17, 15) is 9.59 Å². The van der Waals surface area contributed by atoms with Gasteiger partial charge in [0.2, 0.25) is 5.91 Å². The molecular weight excluding hydrogens is 440 g/mol. The molecule has 2 heterocycles. The lowest BCUT2D eigenvalue weighted by molar-refractivity contribution is -0.137. The molecule has 7 nitrogen and oxygen atoms in total. The molecule has 8 heteroatoms. The smallest absolute Gasteiger partial charge is 0.260 e. The van der Waals surface area contributed by atoms with Gasteiger partial charge in [0.15, 0.2) is 6.61 Å². The number of nitrogens with one attached hydrogen (secondary N) is 1. The van der Waals surface area contributed by atoms with Gasteiger partial charge >= 0.3 is 0 Å². The van der Waals surface area contributed by atoms with Crippen LogP contribution in [0.5, 0.6) is 5.75 Å². The Morgan fingerprint density at radius 1 is 1.06 bits per heavy atom. The summed E-state index contributed by atoms with van der Waals surface area (Å²) in [5.41, 5.74) is 0.854. The van der Waals surface area contributed by atoms with Crippen molar-refractivity contribution in [3.05, 3.63) is 59.4 Å². The van der Waals surface area contributed by atoms with Crippen LogP contribution in [-0.4, -0.2) is 65.4 Å². The maximum atomic E-state index is 13.2. The molecule has 1 saturated carbocycles. The van der Waals surface area contributed by atoms with E-state index in [0.717, 1.165) is 18.5 Å². The Bertz CT molecular complexity index is 911. The Morgan fingerprint density at radius 2 is 1.79 bits per heavy atom. The number of piperazine rings is 1. The summed E-state index contributed by atoms with van der Waals surface area (Å²) in [6, 6.07) is 12.5. The van der Waals surface area contributed by atoms with Gasteiger partial charge in [-0.15, -0.1) is 0 Å². The van der Waals surface area contributed by atoms with Crippen molar-refractivity contribution in [1.82, 2.24) is 20.1 Å². The van der Waals surface area contributed by atoms with Crippen LogP contribution in [0.1, 0.15) is 31.4 Å². The highest BCUT2D eigenvalue weighted by molar-refractivity contribution is 6.30. The van der Waals surface area contributed by atoms with E-state index in [4.69, 9.17) is 16.3 Å². The van der Waals surface area contributed by atoms with Crippen molar-refractivity contribution in [1.29, 1.82) is 0 Å². The molecule has 1 aromatic heterocycles. The lowest BCUT2D eigenvalue weighted by Gasteiger charge is -2.40. The normalized spacial score (nSPS) is 18.2. The van der Waals surface area contributed by atoms with Crippen LogP contribution in [0.25, 0.3) is 0 Å². The van der Waals surface area contributed by atoms with Crippen molar-refractivity contribution in [2.75, 3.05) is 32.8 Å². The van der Waals surface area contributed by atoms with E-state index in [1.807, 2.05) is 23.1 Å². The molecule has 1 unspecified atom stereocenters. The number of pyridine rings is 1. The average Bonchev–Trinajstić information content (AvgIpc) is 3.38. The fourth-order valence-corrected chi connectivity index (χ4v) is 4.88. The summed E-state index contributed by atoms with van der Waals surface area (Å²) in [6.45, 7) is 3.00. The van der Waals surface area contributed by atoms with Gasteiger partial charge in [-0.05, 0) is 55.2 Å². The topological polar surface area (TPSA) is 74.8 Å². The molecule has 2 fully saturated rings. The fourth-order valence-electron chi connectivity index (χ4n) is 4.75. The second-order valence-corrected chi connectivity index (χ2v) is 9.12. The molecule has 1 saturated heterocycles. The summed E-state index contributed by atoms with van der Waals surface area (Å²) in [5, 5.41) is 3.73. The first-order valence-electron chi connectivity index (χ1n) is 11.7. The van der Waals surface area contributed by atoms with Crippen LogP contribution in [-0.2, 0) is 16.1 Å². The number of benzene rings is 1. The average molecular weight is 471 g/mol. The van der Waals surface area contributed by atoms with Crippen molar-refractivity contribution in [3.8, 4) is 5.75 Å². The molecule has 0 radical (unpaired) electrons. The Morgan fingerprint density at radius 3 is 2.45 bits per heavy atom. The predicted octanol–water partition coefficient (Wildman–Crippen LogP) is 3.13. The summed E-state index contributed by atoms with van der Waals surface area (Å²) in [5.74, 6) is 1.02. The van der Waals surface area contributed by atoms with Crippen molar-refractivity contribution in [3.63, 3.8) is 0 Å². The zero-order valence-corrected chi connectivity index (χ0v) is 19.5. The van der Waals surface area contributed by atoms with Gasteiger partial charge in [-0.25, -0.2) is 0 Å². The number of aromatic nitrogens is 1. The number of hydrogen-bond donors (Lipinski definition) is 1. The molecule has 4 rings (SSSR count). The summed E-state index contributed by atoms with van der Waals surface area (Å²) in [6.07, 6.45) is 6.25. The molecule has 1 N–H and O–H groups in total. The van der Waals surface area contributed by atoms with Gasteiger partial charge in [-0.2, -0.15) is 0 Å². The van der Waals surface area contributed by atoms with E-state index in [-0.39, 0.29) is 24.5 Å². The monoisotopic (exact) mass is 470 g/mol. The van der Waals surface area contributed by atoms with E-state index in [0.29, 0.717) is 49.4 Å². The first-order valence-corrected chi connectivity index (χ1v) is 12.1. The number of nitrogens with zero attached hydrogens (tertiary/aromatic N) is 3. The number of ether oxygens (including phenoxy) is 1. The maximum absolute atomic E-state index is 13.2. The minimum atomic E-state index is -0.154. The van der Waals surface area contributed by atoms with Crippen molar-refractivity contribution in [2.45, 2.75) is 38.3 Å². The van der Waals surface area contributed by atoms with Crippen molar-refractivity contribution < 1.29 is 14.3 Å². The summed E-state index contributed by atoms with van der Waals surface area (Å²) in [7, 11) is 0. The molecule has 1 aromatic carbocycles. The molecule has 1 aliphatic heterocycles. The highest BCUT2D eigenvalue weighted by Gasteiger charge is 2.37. The van der Waals surface area contributed by atoms with E-state index >= 15 is 0 Å². The van der Waals surface area contributed by atoms with Crippen LogP contribution in [0.4, 0.5) is 0 Å². The minimum Gasteiger partial charge on any atom is -0.484 e. The van der Waals surface area contributed by atoms with Gasteiger partial charge in [0.05, 0.1) is 18.3 Å². The molecule has 2 aliphatic rings. The summed E-state index contributed by atoms with van der Waals surface area (Å²) >= 11 is 5.89. The van der Waals surface area contributed by atoms with Crippen molar-refractivity contribution >= 4 is 23.4 Å². The number of rotatable bonds is 8. The molecule has 0 bridgehead atoms. The standard InChI is InChI=1S/C25H31ClN4O3/c26-20-8-10-22(11-9-20)33-18-23(31)29-13-15-30(16-14-29)24(19-5-1-2-6-19)25(32)28-17-21-7-3-4-12-27-21/h3-4,7-12,19,24H,1-2,5-6,13-18H2,(H,28,32). The van der Waals surface area contributed by atoms with Gasteiger partial charge < -0.3 is 15.0 Å². The lowest BCUT2D eigenvalue weighted by Crippen LogP contribution is -2.58. The zero-order valence-electron chi connectivity index (χ0n) is 18.8. The van der Waals surface area contributed by atoms with Crippen molar-refractivity contribution in [2.24, 2.45) is 5.92 Å². The molecule has 2 aromatic rings. The van der Waals surface area contributed by atoms with Crippen LogP contribution in [0, 0.1) is 5.92 Å². The third-order valence-corrected chi connectivity index (χ3v) is 6.77. The van der Waals surface area contributed by atoms with Gasteiger partial charge in [0.25, 0.3) is 5.91 Å². The number of carbonyl (C=O) groups is 2. The van der Waals surface area contributed by atoms with Crippen LogP contribution in [0.3, 0.4) is 0 Å². The van der Waals surface area contributed by atoms with E-state index in [1.165, 1.54) is 12.8 Å². The Hall–Kier alpha value is -2.64. The molecule has 0 spiro atoms. The largest absolute Gasteiger partial charge is 0.484 e. The number of hydrogen-bond acceptors (Lipinski definition) is 5. The highest BCUT2D eigenvalue weighted by Crippen LogP contribution is 2.31. The molecule has 2 amide bonds. The van der Waals surface area contributed by atoms with E-state index < -0.39 is 0 Å². The molecular formula is C25H31ClN4O3. The van der Waals surface area contributed by atoms with Crippen LogP contribution >= 0.6 is 11.6 Å². The second kappa shape index (κ2) is 11.5.